The first-order valence-electron chi connectivity index (χ1n) is 10.7. The van der Waals surface area contributed by atoms with Gasteiger partial charge in [0.25, 0.3) is 0 Å². The number of carbonyl (C=O) groups is 1. The Bertz CT molecular complexity index is 932. The Labute approximate surface area is 191 Å². The fourth-order valence-corrected chi connectivity index (χ4v) is 3.95. The van der Waals surface area contributed by atoms with E-state index in [1.807, 2.05) is 12.1 Å². The minimum absolute atomic E-state index is 0.0440. The first kappa shape index (κ1) is 24.7. The van der Waals surface area contributed by atoms with Gasteiger partial charge in [0.15, 0.2) is 11.5 Å². The summed E-state index contributed by atoms with van der Waals surface area (Å²) in [4.78, 5) is 16.6. The number of alkyl halides is 3. The molecule has 0 aromatic heterocycles. The van der Waals surface area contributed by atoms with Gasteiger partial charge in [-0.25, -0.2) is 0 Å². The topological polar surface area (TPSA) is 51.2 Å². The van der Waals surface area contributed by atoms with Crippen molar-refractivity contribution in [1.82, 2.24) is 9.80 Å². The molecule has 0 saturated carbocycles. The van der Waals surface area contributed by atoms with Gasteiger partial charge in [-0.1, -0.05) is 18.2 Å². The second-order valence-electron chi connectivity index (χ2n) is 7.89. The zero-order chi connectivity index (χ0) is 24.0. The molecule has 1 fully saturated rings. The van der Waals surface area contributed by atoms with Crippen LogP contribution in [0.2, 0.25) is 0 Å². The highest BCUT2D eigenvalue weighted by atomic mass is 19.4. The smallest absolute Gasteiger partial charge is 0.416 e. The standard InChI is InChI=1S/C24H29F3N2O4/c1-31-20-14-17(15-21(32-2)23(20)33-3)7-8-22(30)29-11-9-28(10-12-29)16-18-5-4-6-19(13-18)24(25,26)27/h4-6,13-15H,7-12,16H2,1-3H3. The van der Waals surface area contributed by atoms with Crippen molar-refractivity contribution in [3.63, 3.8) is 0 Å². The molecule has 6 nitrogen and oxygen atoms in total. The predicted octanol–water partition coefficient (Wildman–Crippen LogP) is 4.01. The quantitative estimate of drug-likeness (QED) is 0.589. The second kappa shape index (κ2) is 10.8. The van der Waals surface area contributed by atoms with Crippen molar-refractivity contribution >= 4 is 5.91 Å². The zero-order valence-corrected chi connectivity index (χ0v) is 19.1. The Hall–Kier alpha value is -2.94. The van der Waals surface area contributed by atoms with Gasteiger partial charge in [-0.3, -0.25) is 9.69 Å². The number of hydrogen-bond acceptors (Lipinski definition) is 5. The molecule has 0 atom stereocenters. The molecule has 3 rings (SSSR count). The lowest BCUT2D eigenvalue weighted by molar-refractivity contribution is -0.137. The van der Waals surface area contributed by atoms with Crippen LogP contribution < -0.4 is 14.2 Å². The third-order valence-electron chi connectivity index (χ3n) is 5.74. The molecule has 0 radical (unpaired) electrons. The summed E-state index contributed by atoms with van der Waals surface area (Å²) in [6.45, 7) is 2.76. The molecule has 2 aromatic rings. The van der Waals surface area contributed by atoms with Crippen molar-refractivity contribution in [3.8, 4) is 17.2 Å². The van der Waals surface area contributed by atoms with Gasteiger partial charge >= 0.3 is 6.18 Å². The molecule has 1 heterocycles. The van der Waals surface area contributed by atoms with Gasteiger partial charge < -0.3 is 19.1 Å². The molecule has 0 bridgehead atoms. The van der Waals surface area contributed by atoms with E-state index >= 15 is 0 Å². The van der Waals surface area contributed by atoms with Crippen molar-refractivity contribution in [1.29, 1.82) is 0 Å². The van der Waals surface area contributed by atoms with E-state index in [-0.39, 0.29) is 5.91 Å². The largest absolute Gasteiger partial charge is 0.493 e. The summed E-state index contributed by atoms with van der Waals surface area (Å²) in [5.74, 6) is 1.64. The monoisotopic (exact) mass is 466 g/mol. The van der Waals surface area contributed by atoms with E-state index in [1.54, 1.807) is 25.2 Å². The normalized spacial score (nSPS) is 14.8. The van der Waals surface area contributed by atoms with Crippen LogP contribution in [0.15, 0.2) is 36.4 Å². The van der Waals surface area contributed by atoms with Gasteiger partial charge in [0.2, 0.25) is 11.7 Å². The maximum absolute atomic E-state index is 12.9. The van der Waals surface area contributed by atoms with E-state index in [4.69, 9.17) is 14.2 Å². The first-order chi connectivity index (χ1) is 15.7. The van der Waals surface area contributed by atoms with Gasteiger partial charge in [0.1, 0.15) is 0 Å². The Balaban J connectivity index is 1.52. The van der Waals surface area contributed by atoms with Crippen molar-refractivity contribution in [2.75, 3.05) is 47.5 Å². The highest BCUT2D eigenvalue weighted by Crippen LogP contribution is 2.38. The molecule has 0 aliphatic carbocycles. The molecule has 2 aromatic carbocycles. The molecule has 0 N–H and O–H groups in total. The maximum Gasteiger partial charge on any atom is 0.416 e. The summed E-state index contributed by atoms with van der Waals surface area (Å²) in [7, 11) is 4.63. The summed E-state index contributed by atoms with van der Waals surface area (Å²) < 4.78 is 54.8. The predicted molar refractivity (Wildman–Crippen MR) is 118 cm³/mol. The third kappa shape index (κ3) is 6.31. The van der Waals surface area contributed by atoms with E-state index in [0.29, 0.717) is 68.4 Å². The SMILES string of the molecule is COc1cc(CCC(=O)N2CCN(Cc3cccc(C(F)(F)F)c3)CC2)cc(OC)c1OC. The number of amides is 1. The Morgan fingerprint density at radius 1 is 0.909 bits per heavy atom. The summed E-state index contributed by atoms with van der Waals surface area (Å²) in [5.41, 5.74) is 0.883. The summed E-state index contributed by atoms with van der Waals surface area (Å²) in [6.07, 6.45) is -3.48. The number of halogens is 3. The minimum Gasteiger partial charge on any atom is -0.493 e. The minimum atomic E-state index is -4.35. The lowest BCUT2D eigenvalue weighted by Gasteiger charge is -2.35. The highest BCUT2D eigenvalue weighted by Gasteiger charge is 2.30. The summed E-state index contributed by atoms with van der Waals surface area (Å²) in [5, 5.41) is 0. The average molecular weight is 467 g/mol. The van der Waals surface area contributed by atoms with E-state index in [9.17, 15) is 18.0 Å². The summed E-state index contributed by atoms with van der Waals surface area (Å²) in [6, 6.07) is 9.07. The van der Waals surface area contributed by atoms with Crippen LogP contribution in [0.4, 0.5) is 13.2 Å². The second-order valence-corrected chi connectivity index (χ2v) is 7.89. The lowest BCUT2D eigenvalue weighted by Crippen LogP contribution is -2.48. The number of carbonyl (C=O) groups excluding carboxylic acids is 1. The zero-order valence-electron chi connectivity index (χ0n) is 19.1. The third-order valence-corrected chi connectivity index (χ3v) is 5.74. The molecular weight excluding hydrogens is 437 g/mol. The van der Waals surface area contributed by atoms with Crippen LogP contribution >= 0.6 is 0 Å². The van der Waals surface area contributed by atoms with Gasteiger partial charge in [0.05, 0.1) is 26.9 Å². The molecule has 1 amide bonds. The molecule has 0 unspecified atom stereocenters. The van der Waals surface area contributed by atoms with E-state index in [1.165, 1.54) is 19.2 Å². The molecule has 180 valence electrons. The number of methoxy groups -OCH3 is 3. The van der Waals surface area contributed by atoms with Gasteiger partial charge in [-0.05, 0) is 35.7 Å². The molecule has 1 aliphatic rings. The number of rotatable bonds is 8. The molecule has 9 heteroatoms. The van der Waals surface area contributed by atoms with Crippen molar-refractivity contribution in [3.05, 3.63) is 53.1 Å². The van der Waals surface area contributed by atoms with E-state index in [0.717, 1.165) is 11.6 Å². The number of nitrogens with zero attached hydrogens (tertiary/aromatic N) is 2. The number of piperazine rings is 1. The van der Waals surface area contributed by atoms with Crippen LogP contribution in [0.3, 0.4) is 0 Å². The molecule has 33 heavy (non-hydrogen) atoms. The number of aryl methyl sites for hydroxylation is 1. The van der Waals surface area contributed by atoms with Gasteiger partial charge in [-0.15, -0.1) is 0 Å². The molecule has 1 aliphatic heterocycles. The van der Waals surface area contributed by atoms with Crippen molar-refractivity contribution in [2.45, 2.75) is 25.6 Å². The molecule has 0 spiro atoms. The fraction of sp³-hybridized carbons (Fsp3) is 0.458. The van der Waals surface area contributed by atoms with Crippen LogP contribution in [-0.4, -0.2) is 63.2 Å². The van der Waals surface area contributed by atoms with Gasteiger partial charge in [-0.2, -0.15) is 13.2 Å². The van der Waals surface area contributed by atoms with Crippen LogP contribution in [0.1, 0.15) is 23.1 Å². The Morgan fingerprint density at radius 2 is 1.55 bits per heavy atom. The van der Waals surface area contributed by atoms with E-state index < -0.39 is 11.7 Å². The summed E-state index contributed by atoms with van der Waals surface area (Å²) >= 11 is 0. The van der Waals surface area contributed by atoms with Crippen LogP contribution in [0.5, 0.6) is 17.2 Å². The molecule has 1 saturated heterocycles. The number of benzene rings is 2. The number of ether oxygens (including phenoxy) is 3. The number of hydrogen-bond donors (Lipinski definition) is 0. The van der Waals surface area contributed by atoms with Crippen LogP contribution in [0, 0.1) is 0 Å². The fourth-order valence-electron chi connectivity index (χ4n) is 3.95. The van der Waals surface area contributed by atoms with Crippen molar-refractivity contribution < 1.29 is 32.2 Å². The van der Waals surface area contributed by atoms with Crippen LogP contribution in [0.25, 0.3) is 0 Å². The Kier molecular flexibility index (Phi) is 8.07. The highest BCUT2D eigenvalue weighted by molar-refractivity contribution is 5.76. The van der Waals surface area contributed by atoms with Gasteiger partial charge in [0, 0.05) is 39.1 Å². The van der Waals surface area contributed by atoms with Crippen LogP contribution in [-0.2, 0) is 23.9 Å². The maximum atomic E-state index is 12.9. The average Bonchev–Trinajstić information content (AvgIpc) is 2.81. The lowest BCUT2D eigenvalue weighted by atomic mass is 10.1. The Morgan fingerprint density at radius 3 is 2.09 bits per heavy atom. The van der Waals surface area contributed by atoms with E-state index in [2.05, 4.69) is 4.90 Å². The molecular formula is C24H29F3N2O4. The first-order valence-corrected chi connectivity index (χ1v) is 10.7. The van der Waals surface area contributed by atoms with Crippen molar-refractivity contribution in [2.24, 2.45) is 0 Å².